The van der Waals surface area contributed by atoms with Crippen molar-refractivity contribution >= 4 is 5.91 Å². The smallest absolute Gasteiger partial charge is 0.233 e. The molecule has 94 valence electrons. The molecule has 16 heavy (non-hydrogen) atoms. The molecule has 0 radical (unpaired) electrons. The Morgan fingerprint density at radius 1 is 1.56 bits per heavy atom. The van der Waals surface area contributed by atoms with Crippen LogP contribution in [0.5, 0.6) is 0 Å². The van der Waals surface area contributed by atoms with E-state index in [0.29, 0.717) is 12.5 Å². The molecule has 0 spiro atoms. The Balaban J connectivity index is 2.24. The molecule has 0 aromatic rings. The molecule has 1 aliphatic rings. The number of carbonyl (C=O) groups excluding carboxylic acids is 1. The number of hydrazine groups is 1. The molecule has 0 saturated heterocycles. The molecule has 0 heterocycles. The van der Waals surface area contributed by atoms with Gasteiger partial charge in [-0.05, 0) is 38.6 Å². The van der Waals surface area contributed by atoms with E-state index in [9.17, 15) is 4.79 Å². The fourth-order valence-corrected chi connectivity index (χ4v) is 2.22. The predicted octanol–water partition coefficient (Wildman–Crippen LogP) is 1.27. The van der Waals surface area contributed by atoms with Crippen LogP contribution in [0.2, 0.25) is 0 Å². The molecule has 0 aromatic carbocycles. The fraction of sp³-hybridized carbons (Fsp3) is 0.917. The maximum absolute atomic E-state index is 11.1. The van der Waals surface area contributed by atoms with Crippen molar-refractivity contribution in [2.45, 2.75) is 52.0 Å². The Labute approximate surface area is 98.5 Å². The molecule has 1 amide bonds. The average Bonchev–Trinajstić information content (AvgIpc) is 2.24. The molecule has 4 nitrogen and oxygen atoms in total. The zero-order valence-electron chi connectivity index (χ0n) is 10.5. The Morgan fingerprint density at radius 2 is 2.25 bits per heavy atom. The molecule has 4 heteroatoms. The first-order chi connectivity index (χ1) is 7.67. The second-order valence-corrected chi connectivity index (χ2v) is 4.84. The molecule has 1 fully saturated rings. The minimum Gasteiger partial charge on any atom is -0.301 e. The van der Waals surface area contributed by atoms with Crippen molar-refractivity contribution in [3.8, 4) is 0 Å². The van der Waals surface area contributed by atoms with Crippen molar-refractivity contribution in [2.24, 2.45) is 11.8 Å². The minimum absolute atomic E-state index is 0.0634. The van der Waals surface area contributed by atoms with Crippen LogP contribution >= 0.6 is 0 Å². The molecule has 1 saturated carbocycles. The molecule has 1 rings (SSSR count). The van der Waals surface area contributed by atoms with E-state index in [0.717, 1.165) is 18.9 Å². The van der Waals surface area contributed by atoms with Gasteiger partial charge in [0.25, 0.3) is 0 Å². The van der Waals surface area contributed by atoms with Crippen molar-refractivity contribution in [1.29, 1.82) is 0 Å². The van der Waals surface area contributed by atoms with Gasteiger partial charge < -0.3 is 4.90 Å². The van der Waals surface area contributed by atoms with Gasteiger partial charge in [-0.25, -0.2) is 5.84 Å². The van der Waals surface area contributed by atoms with E-state index in [1.807, 2.05) is 0 Å². The summed E-state index contributed by atoms with van der Waals surface area (Å²) in [5.74, 6) is 5.90. The fourth-order valence-electron chi connectivity index (χ4n) is 2.22. The molecule has 3 N–H and O–H groups in total. The summed E-state index contributed by atoms with van der Waals surface area (Å²) in [5.41, 5.74) is 2.18. The van der Waals surface area contributed by atoms with E-state index in [4.69, 9.17) is 5.84 Å². The van der Waals surface area contributed by atoms with Crippen LogP contribution in [-0.4, -0.2) is 29.9 Å². The van der Waals surface area contributed by atoms with Crippen LogP contribution in [0.4, 0.5) is 0 Å². The highest BCUT2D eigenvalue weighted by Crippen LogP contribution is 2.27. The van der Waals surface area contributed by atoms with Crippen LogP contribution in [0.3, 0.4) is 0 Å². The highest BCUT2D eigenvalue weighted by molar-refractivity contribution is 5.75. The lowest BCUT2D eigenvalue weighted by Gasteiger charge is -2.35. The quantitative estimate of drug-likeness (QED) is 0.391. The lowest BCUT2D eigenvalue weighted by Crippen LogP contribution is -2.39. The van der Waals surface area contributed by atoms with E-state index >= 15 is 0 Å². The highest BCUT2D eigenvalue weighted by atomic mass is 16.2. The maximum atomic E-state index is 11.1. The standard InChI is InChI=1S/C12H25N3O/c1-3-15(9-11-5-4-6-11)10(2)7-8-12(16)14-13/h10-11H,3-9,13H2,1-2H3,(H,14,16). The third kappa shape index (κ3) is 4.10. The lowest BCUT2D eigenvalue weighted by molar-refractivity contribution is -0.121. The minimum atomic E-state index is -0.0634. The molecule has 0 aliphatic heterocycles. The largest absolute Gasteiger partial charge is 0.301 e. The highest BCUT2D eigenvalue weighted by Gasteiger charge is 2.22. The number of amides is 1. The van der Waals surface area contributed by atoms with Gasteiger partial charge in [-0.15, -0.1) is 0 Å². The second kappa shape index (κ2) is 6.86. The maximum Gasteiger partial charge on any atom is 0.233 e. The number of nitrogens with two attached hydrogens (primary N) is 1. The zero-order valence-corrected chi connectivity index (χ0v) is 10.5. The van der Waals surface area contributed by atoms with Crippen LogP contribution in [0.1, 0.15) is 46.0 Å². The topological polar surface area (TPSA) is 58.4 Å². The number of hydrogen-bond donors (Lipinski definition) is 2. The van der Waals surface area contributed by atoms with Crippen LogP contribution in [0.15, 0.2) is 0 Å². The monoisotopic (exact) mass is 227 g/mol. The summed E-state index contributed by atoms with van der Waals surface area (Å²) in [6.07, 6.45) is 5.58. The van der Waals surface area contributed by atoms with Gasteiger partial charge in [0.2, 0.25) is 5.91 Å². The van der Waals surface area contributed by atoms with Crippen molar-refractivity contribution in [3.05, 3.63) is 0 Å². The first kappa shape index (κ1) is 13.5. The summed E-state index contributed by atoms with van der Waals surface area (Å²) < 4.78 is 0. The Hall–Kier alpha value is -0.610. The van der Waals surface area contributed by atoms with E-state index in [-0.39, 0.29) is 5.91 Å². The molecular weight excluding hydrogens is 202 g/mol. The number of nitrogens with one attached hydrogen (secondary N) is 1. The van der Waals surface area contributed by atoms with Crippen LogP contribution in [0.25, 0.3) is 0 Å². The Kier molecular flexibility index (Phi) is 5.77. The van der Waals surface area contributed by atoms with E-state index in [2.05, 4.69) is 24.2 Å². The van der Waals surface area contributed by atoms with Crippen molar-refractivity contribution in [1.82, 2.24) is 10.3 Å². The van der Waals surface area contributed by atoms with Gasteiger partial charge >= 0.3 is 0 Å². The van der Waals surface area contributed by atoms with Crippen molar-refractivity contribution in [3.63, 3.8) is 0 Å². The predicted molar refractivity (Wildman–Crippen MR) is 65.6 cm³/mol. The van der Waals surface area contributed by atoms with Crippen molar-refractivity contribution < 1.29 is 4.79 Å². The summed E-state index contributed by atoms with van der Waals surface area (Å²) in [6.45, 7) is 6.66. The number of rotatable bonds is 7. The SMILES string of the molecule is CCN(CC1CCC1)C(C)CCC(=O)NN. The van der Waals surface area contributed by atoms with Gasteiger partial charge in [0.15, 0.2) is 0 Å². The summed E-state index contributed by atoms with van der Waals surface area (Å²) >= 11 is 0. The van der Waals surface area contributed by atoms with E-state index < -0.39 is 0 Å². The third-order valence-electron chi connectivity index (χ3n) is 3.70. The first-order valence-corrected chi connectivity index (χ1v) is 6.40. The Morgan fingerprint density at radius 3 is 2.69 bits per heavy atom. The molecular formula is C12H25N3O. The lowest BCUT2D eigenvalue weighted by atomic mass is 9.85. The molecule has 1 aliphatic carbocycles. The number of hydrogen-bond acceptors (Lipinski definition) is 3. The van der Waals surface area contributed by atoms with Gasteiger partial charge in [-0.1, -0.05) is 13.3 Å². The summed E-state index contributed by atoms with van der Waals surface area (Å²) in [4.78, 5) is 13.5. The van der Waals surface area contributed by atoms with Crippen LogP contribution in [-0.2, 0) is 4.79 Å². The third-order valence-corrected chi connectivity index (χ3v) is 3.70. The molecule has 0 aromatic heterocycles. The number of carbonyl (C=O) groups is 1. The van der Waals surface area contributed by atoms with E-state index in [1.165, 1.54) is 25.8 Å². The van der Waals surface area contributed by atoms with Gasteiger partial charge in [0.1, 0.15) is 0 Å². The van der Waals surface area contributed by atoms with Crippen LogP contribution in [0, 0.1) is 5.92 Å². The normalized spacial score (nSPS) is 18.2. The van der Waals surface area contributed by atoms with Gasteiger partial charge in [-0.2, -0.15) is 0 Å². The summed E-state index contributed by atoms with van der Waals surface area (Å²) in [7, 11) is 0. The molecule has 1 atom stereocenters. The Bertz CT molecular complexity index is 216. The first-order valence-electron chi connectivity index (χ1n) is 6.40. The van der Waals surface area contributed by atoms with E-state index in [1.54, 1.807) is 0 Å². The van der Waals surface area contributed by atoms with Gasteiger partial charge in [0, 0.05) is 19.0 Å². The number of nitrogens with zero attached hydrogens (tertiary/aromatic N) is 1. The summed E-state index contributed by atoms with van der Waals surface area (Å²) in [5, 5.41) is 0. The molecule has 0 bridgehead atoms. The van der Waals surface area contributed by atoms with Crippen molar-refractivity contribution in [2.75, 3.05) is 13.1 Å². The zero-order chi connectivity index (χ0) is 12.0. The average molecular weight is 227 g/mol. The van der Waals surface area contributed by atoms with Crippen LogP contribution < -0.4 is 11.3 Å². The van der Waals surface area contributed by atoms with Gasteiger partial charge in [-0.3, -0.25) is 10.2 Å². The molecule has 1 unspecified atom stereocenters. The second-order valence-electron chi connectivity index (χ2n) is 4.84. The summed E-state index contributed by atoms with van der Waals surface area (Å²) in [6, 6.07) is 0.475. The van der Waals surface area contributed by atoms with Gasteiger partial charge in [0.05, 0.1) is 0 Å².